The van der Waals surface area contributed by atoms with Gasteiger partial charge in [-0.3, -0.25) is 0 Å². The molecule has 1 aliphatic heterocycles. The molecule has 1 atom stereocenters. The maximum Gasteiger partial charge on any atom is 0.129 e. The fourth-order valence-electron chi connectivity index (χ4n) is 3.03. The van der Waals surface area contributed by atoms with Crippen molar-refractivity contribution in [3.8, 4) is 0 Å². The maximum absolute atomic E-state index is 2.41. The molecular formula is C19H24N+. The van der Waals surface area contributed by atoms with Gasteiger partial charge in [-0.1, -0.05) is 60.7 Å². The summed E-state index contributed by atoms with van der Waals surface area (Å²) in [6, 6.07) is 22.6. The number of hydrogen-bond donors (Lipinski definition) is 0. The van der Waals surface area contributed by atoms with E-state index in [1.807, 2.05) is 0 Å². The van der Waals surface area contributed by atoms with Gasteiger partial charge in [0.05, 0.1) is 13.1 Å². The van der Waals surface area contributed by atoms with Crippen molar-refractivity contribution >= 4 is 0 Å². The van der Waals surface area contributed by atoms with Crippen LogP contribution in [0.5, 0.6) is 0 Å². The lowest BCUT2D eigenvalue weighted by Gasteiger charge is -2.26. The van der Waals surface area contributed by atoms with Gasteiger partial charge in [-0.05, 0) is 18.1 Å². The van der Waals surface area contributed by atoms with Crippen molar-refractivity contribution in [1.29, 1.82) is 0 Å². The molecule has 1 heterocycles. The topological polar surface area (TPSA) is 0 Å². The molecule has 0 spiro atoms. The Morgan fingerprint density at radius 1 is 0.850 bits per heavy atom. The highest BCUT2D eigenvalue weighted by Crippen LogP contribution is 2.34. The van der Waals surface area contributed by atoms with Crippen molar-refractivity contribution in [3.05, 3.63) is 71.8 Å². The van der Waals surface area contributed by atoms with Gasteiger partial charge in [-0.25, -0.2) is 0 Å². The molecule has 1 fully saturated rings. The van der Waals surface area contributed by atoms with E-state index in [2.05, 4.69) is 74.6 Å². The van der Waals surface area contributed by atoms with E-state index < -0.39 is 0 Å². The third-order valence-electron chi connectivity index (χ3n) is 4.97. The summed E-state index contributed by atoms with van der Waals surface area (Å²) in [5.41, 5.74) is 2.89. The van der Waals surface area contributed by atoms with Crippen LogP contribution in [0.4, 0.5) is 0 Å². The van der Waals surface area contributed by atoms with Crippen molar-refractivity contribution in [1.82, 2.24) is 0 Å². The van der Waals surface area contributed by atoms with Gasteiger partial charge in [0.1, 0.15) is 13.1 Å². The monoisotopic (exact) mass is 266 g/mol. The highest BCUT2D eigenvalue weighted by atomic mass is 15.5. The molecule has 0 saturated carbocycles. The van der Waals surface area contributed by atoms with E-state index in [1.54, 1.807) is 0 Å². The van der Waals surface area contributed by atoms with Crippen LogP contribution in [0.25, 0.3) is 0 Å². The Bertz CT molecular complexity index is 503. The molecule has 20 heavy (non-hydrogen) atoms. The van der Waals surface area contributed by atoms with E-state index >= 15 is 0 Å². The lowest BCUT2D eigenvalue weighted by molar-refractivity contribution is -0.804. The molecule has 3 rings (SSSR count). The zero-order chi connectivity index (χ0) is 14.0. The normalized spacial score (nSPS) is 17.9. The minimum atomic E-state index is 0.517. The second-order valence-electron chi connectivity index (χ2n) is 6.39. The van der Waals surface area contributed by atoms with E-state index in [0.717, 1.165) is 6.04 Å². The van der Waals surface area contributed by atoms with Crippen molar-refractivity contribution in [2.45, 2.75) is 25.3 Å². The van der Waals surface area contributed by atoms with Crippen molar-refractivity contribution in [3.63, 3.8) is 0 Å². The number of nitrogens with zero attached hydrogens (tertiary/aromatic N) is 1. The molecular weight excluding hydrogens is 242 g/mol. The number of hydrogen-bond acceptors (Lipinski definition) is 0. The number of likely N-dealkylation sites (N-methyl/N-ethyl adjacent to an activating group) is 1. The number of rotatable bonds is 5. The number of quaternary nitrogens is 1. The predicted molar refractivity (Wildman–Crippen MR) is 84.7 cm³/mol. The third kappa shape index (κ3) is 2.78. The first-order valence-corrected chi connectivity index (χ1v) is 7.63. The summed E-state index contributed by atoms with van der Waals surface area (Å²) in [6.45, 7) is 5.10. The summed E-state index contributed by atoms with van der Waals surface area (Å²) < 4.78 is 1.25. The lowest BCUT2D eigenvalue weighted by Crippen LogP contribution is -2.33. The zero-order valence-electron chi connectivity index (χ0n) is 12.5. The van der Waals surface area contributed by atoms with Crippen LogP contribution in [0.2, 0.25) is 0 Å². The average molecular weight is 266 g/mol. The summed E-state index contributed by atoms with van der Waals surface area (Å²) in [7, 11) is 2.39. The van der Waals surface area contributed by atoms with Crippen LogP contribution in [-0.4, -0.2) is 30.7 Å². The predicted octanol–water partition coefficient (Wildman–Crippen LogP) is 4.06. The van der Waals surface area contributed by atoms with Crippen LogP contribution >= 0.6 is 0 Å². The highest BCUT2D eigenvalue weighted by Gasteiger charge is 2.43. The largest absolute Gasteiger partial charge is 0.315 e. The summed E-state index contributed by atoms with van der Waals surface area (Å²) in [5.74, 6) is 0.517. The molecule has 1 heteroatoms. The summed E-state index contributed by atoms with van der Waals surface area (Å²) in [5, 5.41) is 0. The molecule has 0 radical (unpaired) electrons. The van der Waals surface area contributed by atoms with Gasteiger partial charge in [0.25, 0.3) is 0 Å². The van der Waals surface area contributed by atoms with E-state index in [-0.39, 0.29) is 0 Å². The number of benzene rings is 2. The first-order chi connectivity index (χ1) is 9.69. The lowest BCUT2D eigenvalue weighted by atomic mass is 9.86. The van der Waals surface area contributed by atoms with Crippen LogP contribution in [0.15, 0.2) is 60.7 Å². The molecule has 1 aliphatic rings. The van der Waals surface area contributed by atoms with Crippen LogP contribution < -0.4 is 0 Å². The Hall–Kier alpha value is -1.60. The molecule has 2 aromatic rings. The molecule has 1 nitrogen and oxygen atoms in total. The van der Waals surface area contributed by atoms with Crippen molar-refractivity contribution in [2.75, 3.05) is 20.1 Å². The molecule has 2 aromatic carbocycles. The summed E-state index contributed by atoms with van der Waals surface area (Å²) in [6.07, 6.45) is 1.23. The Balaban J connectivity index is 1.88. The van der Waals surface area contributed by atoms with Crippen molar-refractivity contribution < 1.29 is 4.48 Å². The van der Waals surface area contributed by atoms with E-state index in [4.69, 9.17) is 0 Å². The van der Waals surface area contributed by atoms with Crippen LogP contribution in [0.3, 0.4) is 0 Å². The van der Waals surface area contributed by atoms with Gasteiger partial charge in [-0.15, -0.1) is 0 Å². The van der Waals surface area contributed by atoms with Gasteiger partial charge in [0.2, 0.25) is 0 Å². The molecule has 0 aliphatic carbocycles. The van der Waals surface area contributed by atoms with Gasteiger partial charge in [0, 0.05) is 12.3 Å². The third-order valence-corrected chi connectivity index (χ3v) is 4.97. The molecule has 104 valence electrons. The smallest absolute Gasteiger partial charge is 0.129 e. The van der Waals surface area contributed by atoms with Crippen LogP contribution in [0, 0.1) is 0 Å². The zero-order valence-corrected chi connectivity index (χ0v) is 12.5. The van der Waals surface area contributed by atoms with Crippen LogP contribution in [0.1, 0.15) is 30.4 Å². The van der Waals surface area contributed by atoms with E-state index in [0.29, 0.717) is 5.92 Å². The molecule has 0 aromatic heterocycles. The Morgan fingerprint density at radius 2 is 1.30 bits per heavy atom. The molecule has 0 N–H and O–H groups in total. The maximum atomic E-state index is 2.41. The SMILES string of the molecule is CC(CC(c1ccccc1)c1ccccc1)[N+]1(C)CC1. The minimum Gasteiger partial charge on any atom is -0.315 e. The Morgan fingerprint density at radius 3 is 1.70 bits per heavy atom. The quantitative estimate of drug-likeness (QED) is 0.565. The first kappa shape index (κ1) is 13.4. The first-order valence-electron chi connectivity index (χ1n) is 7.63. The molecule has 0 amide bonds. The summed E-state index contributed by atoms with van der Waals surface area (Å²) in [4.78, 5) is 0. The fraction of sp³-hybridized carbons (Fsp3) is 0.368. The standard InChI is InChI=1S/C19H24N/c1-16(20(2)13-14-20)15-19(17-9-5-3-6-10-17)18-11-7-4-8-12-18/h3-12,16,19H,13-15H2,1-2H3/q+1. The van der Waals surface area contributed by atoms with E-state index in [1.165, 1.54) is 35.1 Å². The van der Waals surface area contributed by atoms with Crippen LogP contribution in [-0.2, 0) is 0 Å². The average Bonchev–Trinajstić information content (AvgIpc) is 3.25. The van der Waals surface area contributed by atoms with Gasteiger partial charge >= 0.3 is 0 Å². The molecule has 0 bridgehead atoms. The minimum absolute atomic E-state index is 0.517. The van der Waals surface area contributed by atoms with Gasteiger partial charge in [-0.2, -0.15) is 0 Å². The fourth-order valence-corrected chi connectivity index (χ4v) is 3.03. The highest BCUT2D eigenvalue weighted by molar-refractivity contribution is 5.32. The van der Waals surface area contributed by atoms with Crippen molar-refractivity contribution in [2.24, 2.45) is 0 Å². The summed E-state index contributed by atoms with van der Waals surface area (Å²) >= 11 is 0. The van der Waals surface area contributed by atoms with E-state index in [9.17, 15) is 0 Å². The van der Waals surface area contributed by atoms with Gasteiger partial charge < -0.3 is 4.48 Å². The van der Waals surface area contributed by atoms with Gasteiger partial charge in [0.15, 0.2) is 0 Å². The molecule has 1 saturated heterocycles. The molecule has 1 unspecified atom stereocenters. The Labute approximate surface area is 122 Å². The Kier molecular flexibility index (Phi) is 3.62. The second kappa shape index (κ2) is 5.41. The second-order valence-corrected chi connectivity index (χ2v) is 6.39.